The van der Waals surface area contributed by atoms with Crippen LogP contribution in [0.25, 0.3) is 5.70 Å². The van der Waals surface area contributed by atoms with Crippen molar-refractivity contribution < 1.29 is 14.3 Å². The van der Waals surface area contributed by atoms with Gasteiger partial charge >= 0.3 is 0 Å². The van der Waals surface area contributed by atoms with Crippen molar-refractivity contribution in [2.75, 3.05) is 18.5 Å². The zero-order valence-corrected chi connectivity index (χ0v) is 13.0. The van der Waals surface area contributed by atoms with Crippen LogP contribution in [-0.4, -0.2) is 29.6 Å². The molecule has 0 radical (unpaired) electrons. The van der Waals surface area contributed by atoms with Crippen LogP contribution in [-0.2, 0) is 0 Å². The van der Waals surface area contributed by atoms with Gasteiger partial charge in [-0.15, -0.1) is 0 Å². The van der Waals surface area contributed by atoms with E-state index in [1.807, 2.05) is 11.0 Å². The third kappa shape index (κ3) is 2.99. The highest BCUT2D eigenvalue weighted by Crippen LogP contribution is 2.31. The maximum Gasteiger partial charge on any atom is 0.269 e. The number of hydrogen-bond acceptors (Lipinski definition) is 4. The van der Waals surface area contributed by atoms with E-state index in [1.54, 1.807) is 30.3 Å². The van der Waals surface area contributed by atoms with Crippen molar-refractivity contribution in [1.29, 1.82) is 0 Å². The molecule has 0 fully saturated rings. The standard InChI is InChI=1S/C18H16FN3O2/c1-20-18(24)15-11-12(8-9-21-15)17-16(23)3-2-10-22(17)14-6-4-13(19)5-7-14/h2-9,11,23H,10H2,1H3,(H,20,24). The van der Waals surface area contributed by atoms with E-state index in [4.69, 9.17) is 0 Å². The van der Waals surface area contributed by atoms with Crippen LogP contribution in [0.2, 0.25) is 0 Å². The molecule has 1 aromatic carbocycles. The number of anilines is 1. The van der Waals surface area contributed by atoms with Crippen LogP contribution in [0.4, 0.5) is 10.1 Å². The summed E-state index contributed by atoms with van der Waals surface area (Å²) in [6, 6.07) is 9.34. The first-order valence-corrected chi connectivity index (χ1v) is 7.41. The Bertz CT molecular complexity index is 828. The number of nitrogens with zero attached hydrogens (tertiary/aromatic N) is 2. The van der Waals surface area contributed by atoms with Gasteiger partial charge in [-0.25, -0.2) is 4.39 Å². The summed E-state index contributed by atoms with van der Waals surface area (Å²) in [5.41, 5.74) is 2.18. The molecule has 1 aliphatic heterocycles. The number of benzene rings is 1. The van der Waals surface area contributed by atoms with Crippen LogP contribution < -0.4 is 10.2 Å². The predicted molar refractivity (Wildman–Crippen MR) is 90.1 cm³/mol. The average molecular weight is 325 g/mol. The largest absolute Gasteiger partial charge is 0.506 e. The Kier molecular flexibility index (Phi) is 4.29. The molecular formula is C18H16FN3O2. The van der Waals surface area contributed by atoms with Crippen molar-refractivity contribution >= 4 is 17.3 Å². The zero-order chi connectivity index (χ0) is 17.1. The molecule has 0 atom stereocenters. The van der Waals surface area contributed by atoms with E-state index in [-0.39, 0.29) is 23.2 Å². The van der Waals surface area contributed by atoms with Gasteiger partial charge in [-0.3, -0.25) is 9.78 Å². The van der Waals surface area contributed by atoms with Gasteiger partial charge in [-0.05, 0) is 42.5 Å². The molecule has 1 aromatic heterocycles. The van der Waals surface area contributed by atoms with Crippen LogP contribution in [0, 0.1) is 5.82 Å². The van der Waals surface area contributed by atoms with Gasteiger partial charge in [0.2, 0.25) is 0 Å². The summed E-state index contributed by atoms with van der Waals surface area (Å²) in [6.45, 7) is 0.517. The summed E-state index contributed by atoms with van der Waals surface area (Å²) in [7, 11) is 1.53. The molecule has 2 heterocycles. The molecule has 24 heavy (non-hydrogen) atoms. The number of halogens is 1. The van der Waals surface area contributed by atoms with E-state index in [0.717, 1.165) is 5.69 Å². The normalized spacial score (nSPS) is 14.0. The van der Waals surface area contributed by atoms with E-state index in [9.17, 15) is 14.3 Å². The molecule has 2 aromatic rings. The molecule has 122 valence electrons. The van der Waals surface area contributed by atoms with Gasteiger partial charge in [-0.1, -0.05) is 6.08 Å². The van der Waals surface area contributed by atoms with E-state index in [0.29, 0.717) is 17.8 Å². The maximum atomic E-state index is 13.2. The smallest absolute Gasteiger partial charge is 0.269 e. The molecule has 1 aliphatic rings. The fourth-order valence-corrected chi connectivity index (χ4v) is 2.57. The topological polar surface area (TPSA) is 65.5 Å². The fraction of sp³-hybridized carbons (Fsp3) is 0.111. The molecule has 0 unspecified atom stereocenters. The molecule has 0 aliphatic carbocycles. The molecule has 1 amide bonds. The number of rotatable bonds is 3. The van der Waals surface area contributed by atoms with Crippen LogP contribution in [0.1, 0.15) is 16.1 Å². The maximum absolute atomic E-state index is 13.2. The predicted octanol–water partition coefficient (Wildman–Crippen LogP) is 2.88. The third-order valence-electron chi connectivity index (χ3n) is 3.71. The van der Waals surface area contributed by atoms with Gasteiger partial charge < -0.3 is 15.3 Å². The molecule has 6 heteroatoms. The molecule has 0 saturated carbocycles. The second kappa shape index (κ2) is 6.54. The van der Waals surface area contributed by atoms with E-state index in [1.165, 1.54) is 25.4 Å². The number of nitrogens with one attached hydrogen (secondary N) is 1. The first-order chi connectivity index (χ1) is 11.6. The summed E-state index contributed by atoms with van der Waals surface area (Å²) >= 11 is 0. The SMILES string of the molecule is CNC(=O)c1cc(C2=C(O)C=CCN2c2ccc(F)cc2)ccn1. The molecule has 2 N–H and O–H groups in total. The Balaban J connectivity index is 2.06. The van der Waals surface area contributed by atoms with Crippen molar-refractivity contribution in [2.24, 2.45) is 0 Å². The average Bonchev–Trinajstić information content (AvgIpc) is 2.61. The Morgan fingerprint density at radius 2 is 2.04 bits per heavy atom. The highest BCUT2D eigenvalue weighted by atomic mass is 19.1. The highest BCUT2D eigenvalue weighted by molar-refractivity contribution is 5.93. The summed E-state index contributed by atoms with van der Waals surface area (Å²) in [6.07, 6.45) is 4.93. The summed E-state index contributed by atoms with van der Waals surface area (Å²) in [5, 5.41) is 12.9. The highest BCUT2D eigenvalue weighted by Gasteiger charge is 2.21. The van der Waals surface area contributed by atoms with Gasteiger partial charge in [0.1, 0.15) is 17.3 Å². The number of hydrogen-bond donors (Lipinski definition) is 2. The zero-order valence-electron chi connectivity index (χ0n) is 13.0. The molecule has 0 bridgehead atoms. The second-order valence-corrected chi connectivity index (χ2v) is 5.23. The minimum atomic E-state index is -0.327. The Hall–Kier alpha value is -3.15. The summed E-state index contributed by atoms with van der Waals surface area (Å²) < 4.78 is 13.2. The van der Waals surface area contributed by atoms with Crippen molar-refractivity contribution in [3.63, 3.8) is 0 Å². The lowest BCUT2D eigenvalue weighted by molar-refractivity contribution is 0.0958. The summed E-state index contributed by atoms with van der Waals surface area (Å²) in [5.74, 6) is -0.567. The number of aliphatic hydroxyl groups is 1. The number of amides is 1. The van der Waals surface area contributed by atoms with Crippen molar-refractivity contribution in [3.05, 3.63) is 77.6 Å². The molecular weight excluding hydrogens is 309 g/mol. The lowest BCUT2D eigenvalue weighted by Crippen LogP contribution is -2.26. The van der Waals surface area contributed by atoms with Crippen LogP contribution >= 0.6 is 0 Å². The van der Waals surface area contributed by atoms with E-state index in [2.05, 4.69) is 10.3 Å². The van der Waals surface area contributed by atoms with E-state index >= 15 is 0 Å². The number of aromatic nitrogens is 1. The Labute approximate surface area is 138 Å². The van der Waals surface area contributed by atoms with Crippen LogP contribution in [0.3, 0.4) is 0 Å². The van der Waals surface area contributed by atoms with Gasteiger partial charge in [0, 0.05) is 31.0 Å². The minimum absolute atomic E-state index is 0.0691. The van der Waals surface area contributed by atoms with Crippen molar-refractivity contribution in [2.45, 2.75) is 0 Å². The molecule has 3 rings (SSSR count). The number of allylic oxidation sites excluding steroid dienone is 1. The Morgan fingerprint density at radius 1 is 1.29 bits per heavy atom. The number of carbonyl (C=O) groups is 1. The van der Waals surface area contributed by atoms with Gasteiger partial charge in [0.15, 0.2) is 0 Å². The van der Waals surface area contributed by atoms with Gasteiger partial charge in [0.25, 0.3) is 5.91 Å². The lowest BCUT2D eigenvalue weighted by Gasteiger charge is -2.29. The molecule has 0 spiro atoms. The van der Waals surface area contributed by atoms with Crippen LogP contribution in [0.5, 0.6) is 0 Å². The second-order valence-electron chi connectivity index (χ2n) is 5.23. The van der Waals surface area contributed by atoms with Gasteiger partial charge in [0.05, 0.1) is 5.70 Å². The summed E-state index contributed by atoms with van der Waals surface area (Å²) in [4.78, 5) is 17.7. The first-order valence-electron chi connectivity index (χ1n) is 7.41. The minimum Gasteiger partial charge on any atom is -0.506 e. The lowest BCUT2D eigenvalue weighted by atomic mass is 10.1. The Morgan fingerprint density at radius 3 is 2.75 bits per heavy atom. The molecule has 5 nitrogen and oxygen atoms in total. The third-order valence-corrected chi connectivity index (χ3v) is 3.71. The number of aliphatic hydroxyl groups excluding tert-OH is 1. The van der Waals surface area contributed by atoms with Crippen LogP contribution in [0.15, 0.2) is 60.5 Å². The van der Waals surface area contributed by atoms with Crippen molar-refractivity contribution in [3.8, 4) is 0 Å². The number of carbonyl (C=O) groups excluding carboxylic acids is 1. The fourth-order valence-electron chi connectivity index (χ4n) is 2.57. The monoisotopic (exact) mass is 325 g/mol. The van der Waals surface area contributed by atoms with Crippen molar-refractivity contribution in [1.82, 2.24) is 10.3 Å². The number of pyridine rings is 1. The first kappa shape index (κ1) is 15.7. The van der Waals surface area contributed by atoms with Gasteiger partial charge in [-0.2, -0.15) is 0 Å². The quantitative estimate of drug-likeness (QED) is 0.911. The van der Waals surface area contributed by atoms with E-state index < -0.39 is 0 Å². The molecule has 0 saturated heterocycles.